The van der Waals surface area contributed by atoms with Crippen molar-refractivity contribution in [2.75, 3.05) is 35.8 Å². The molecule has 1 saturated heterocycles. The summed E-state index contributed by atoms with van der Waals surface area (Å²) in [6, 6.07) is 10.8. The molecule has 0 amide bonds. The van der Waals surface area contributed by atoms with Crippen molar-refractivity contribution < 1.29 is 18.3 Å². The van der Waals surface area contributed by atoms with Crippen LogP contribution >= 0.6 is 0 Å². The highest BCUT2D eigenvalue weighted by Crippen LogP contribution is 2.30. The Morgan fingerprint density at radius 2 is 1.57 bits per heavy atom. The zero-order valence-corrected chi connectivity index (χ0v) is 21.0. The van der Waals surface area contributed by atoms with Gasteiger partial charge in [0.05, 0.1) is 16.1 Å². The second kappa shape index (κ2) is 10.2. The number of benzene rings is 2. The molecule has 0 bridgehead atoms. The van der Waals surface area contributed by atoms with E-state index in [1.54, 1.807) is 24.3 Å². The van der Waals surface area contributed by atoms with Crippen LogP contribution in [0.3, 0.4) is 0 Å². The Bertz CT molecular complexity index is 1180. The number of nitrogens with zero attached hydrogens (tertiary/aromatic N) is 2. The number of fused-ring (bicyclic) bond motifs is 1. The largest absolute Gasteiger partial charge is 0.478 e. The maximum absolute atomic E-state index is 13.1. The van der Waals surface area contributed by atoms with Crippen molar-refractivity contribution in [3.63, 3.8) is 0 Å². The van der Waals surface area contributed by atoms with Crippen molar-refractivity contribution in [1.29, 1.82) is 0 Å². The summed E-state index contributed by atoms with van der Waals surface area (Å²) in [6.07, 6.45) is 10.6. The first-order valence-corrected chi connectivity index (χ1v) is 14.4. The van der Waals surface area contributed by atoms with Gasteiger partial charge in [-0.3, -0.25) is 9.62 Å². The monoisotopic (exact) mass is 497 g/mol. The standard InChI is InChI=1S/C27H35N3O4S/c31-27(32)25-19-22(28-35(33,34)24-12-10-20-6-4-5-7-21(20)18-24)11-13-26(25)30-16-14-29(15-17-30)23-8-2-1-3-9-23/h10-13,18-19,23,28H,1-9,14-17H2,(H,31,32). The number of nitrogens with one attached hydrogen (secondary N) is 1. The summed E-state index contributed by atoms with van der Waals surface area (Å²) in [7, 11) is -3.81. The molecule has 0 spiro atoms. The zero-order chi connectivity index (χ0) is 24.4. The lowest BCUT2D eigenvalue weighted by Gasteiger charge is -2.41. The topological polar surface area (TPSA) is 89.9 Å². The minimum Gasteiger partial charge on any atom is -0.478 e. The van der Waals surface area contributed by atoms with Gasteiger partial charge in [0.2, 0.25) is 0 Å². The number of hydrogen-bond acceptors (Lipinski definition) is 5. The van der Waals surface area contributed by atoms with Crippen LogP contribution in [0.25, 0.3) is 0 Å². The molecule has 8 heteroatoms. The number of hydrogen-bond donors (Lipinski definition) is 2. The van der Waals surface area contributed by atoms with Crippen LogP contribution in [0, 0.1) is 0 Å². The summed E-state index contributed by atoms with van der Waals surface area (Å²) in [5, 5.41) is 9.91. The number of piperazine rings is 1. The van der Waals surface area contributed by atoms with Crippen molar-refractivity contribution in [3.05, 3.63) is 53.1 Å². The molecular weight excluding hydrogens is 462 g/mol. The van der Waals surface area contributed by atoms with Crippen molar-refractivity contribution in [2.24, 2.45) is 0 Å². The number of carbonyl (C=O) groups is 1. The normalized spacial score (nSPS) is 19.8. The van der Waals surface area contributed by atoms with Gasteiger partial charge in [-0.1, -0.05) is 25.3 Å². The Kier molecular flexibility index (Phi) is 7.02. The highest BCUT2D eigenvalue weighted by Gasteiger charge is 2.27. The molecule has 2 aromatic rings. The Labute approximate surface area is 208 Å². The van der Waals surface area contributed by atoms with E-state index in [1.165, 1.54) is 43.7 Å². The molecule has 1 aliphatic heterocycles. The number of rotatable bonds is 6. The van der Waals surface area contributed by atoms with Gasteiger partial charge in [-0.25, -0.2) is 13.2 Å². The molecule has 2 N–H and O–H groups in total. The number of anilines is 2. The molecule has 5 rings (SSSR count). The number of sulfonamides is 1. The van der Waals surface area contributed by atoms with E-state index in [-0.39, 0.29) is 16.1 Å². The summed E-state index contributed by atoms with van der Waals surface area (Å²) in [5.41, 5.74) is 3.35. The maximum atomic E-state index is 13.1. The fraction of sp³-hybridized carbons (Fsp3) is 0.519. The molecular formula is C27H35N3O4S. The van der Waals surface area contributed by atoms with Crippen LogP contribution in [0.1, 0.15) is 66.4 Å². The fourth-order valence-corrected chi connectivity index (χ4v) is 7.01. The van der Waals surface area contributed by atoms with Gasteiger partial charge < -0.3 is 10.0 Å². The van der Waals surface area contributed by atoms with Gasteiger partial charge in [-0.2, -0.15) is 0 Å². The van der Waals surface area contributed by atoms with E-state index in [2.05, 4.69) is 14.5 Å². The zero-order valence-electron chi connectivity index (χ0n) is 20.2. The fourth-order valence-electron chi connectivity index (χ4n) is 5.91. The number of carboxylic acids is 1. The highest BCUT2D eigenvalue weighted by atomic mass is 32.2. The number of aromatic carboxylic acids is 1. The van der Waals surface area contributed by atoms with Crippen molar-refractivity contribution in [1.82, 2.24) is 4.90 Å². The molecule has 1 saturated carbocycles. The molecule has 0 unspecified atom stereocenters. The lowest BCUT2D eigenvalue weighted by Crippen LogP contribution is -2.51. The third-order valence-corrected chi connectivity index (χ3v) is 9.23. The molecule has 0 aromatic heterocycles. The predicted molar refractivity (Wildman–Crippen MR) is 138 cm³/mol. The van der Waals surface area contributed by atoms with Gasteiger partial charge in [-0.15, -0.1) is 0 Å². The van der Waals surface area contributed by atoms with Gasteiger partial charge in [0.1, 0.15) is 0 Å². The molecule has 2 fully saturated rings. The molecule has 2 aliphatic carbocycles. The van der Waals surface area contributed by atoms with Gasteiger partial charge in [0.25, 0.3) is 10.0 Å². The van der Waals surface area contributed by atoms with Crippen LogP contribution < -0.4 is 9.62 Å². The van der Waals surface area contributed by atoms with Crippen molar-refractivity contribution in [2.45, 2.75) is 68.7 Å². The van der Waals surface area contributed by atoms with Gasteiger partial charge in [-0.05, 0) is 80.0 Å². The average molecular weight is 498 g/mol. The van der Waals surface area contributed by atoms with E-state index in [4.69, 9.17) is 0 Å². The molecule has 3 aliphatic rings. The maximum Gasteiger partial charge on any atom is 0.337 e. The summed E-state index contributed by atoms with van der Waals surface area (Å²) in [5.74, 6) is -1.05. The smallest absolute Gasteiger partial charge is 0.337 e. The van der Waals surface area contributed by atoms with E-state index in [0.717, 1.165) is 57.4 Å². The molecule has 1 heterocycles. The van der Waals surface area contributed by atoms with Crippen LogP contribution in [0.4, 0.5) is 11.4 Å². The molecule has 188 valence electrons. The van der Waals surface area contributed by atoms with E-state index in [9.17, 15) is 18.3 Å². The van der Waals surface area contributed by atoms with Crippen molar-refractivity contribution >= 4 is 27.4 Å². The summed E-state index contributed by atoms with van der Waals surface area (Å²) < 4.78 is 28.7. The second-order valence-corrected chi connectivity index (χ2v) is 11.8. The van der Waals surface area contributed by atoms with Crippen LogP contribution in [-0.2, 0) is 22.9 Å². The number of carboxylic acid groups (broad SMARTS) is 1. The predicted octanol–water partition coefficient (Wildman–Crippen LogP) is 4.52. The summed E-state index contributed by atoms with van der Waals surface area (Å²) in [6.45, 7) is 3.40. The van der Waals surface area contributed by atoms with Crippen LogP contribution in [0.5, 0.6) is 0 Å². The van der Waals surface area contributed by atoms with Crippen LogP contribution in [0.15, 0.2) is 41.3 Å². The third-order valence-electron chi connectivity index (χ3n) is 7.86. The molecule has 2 aromatic carbocycles. The van der Waals surface area contributed by atoms with E-state index in [1.807, 2.05) is 6.07 Å². The highest BCUT2D eigenvalue weighted by molar-refractivity contribution is 7.92. The third kappa shape index (κ3) is 5.33. The van der Waals surface area contributed by atoms with Gasteiger partial charge in [0.15, 0.2) is 0 Å². The number of aryl methyl sites for hydroxylation is 2. The lowest BCUT2D eigenvalue weighted by molar-refractivity contribution is 0.0697. The molecule has 0 radical (unpaired) electrons. The first-order chi connectivity index (χ1) is 16.9. The first-order valence-electron chi connectivity index (χ1n) is 12.9. The Morgan fingerprint density at radius 3 is 2.29 bits per heavy atom. The Hall–Kier alpha value is -2.58. The molecule has 35 heavy (non-hydrogen) atoms. The van der Waals surface area contributed by atoms with Gasteiger partial charge in [0, 0.05) is 37.9 Å². The van der Waals surface area contributed by atoms with Crippen LogP contribution in [-0.4, -0.2) is 56.6 Å². The van der Waals surface area contributed by atoms with E-state index in [0.29, 0.717) is 11.7 Å². The summed E-state index contributed by atoms with van der Waals surface area (Å²) in [4.78, 5) is 17.0. The second-order valence-electron chi connectivity index (χ2n) is 10.1. The molecule has 7 nitrogen and oxygen atoms in total. The minimum absolute atomic E-state index is 0.127. The summed E-state index contributed by atoms with van der Waals surface area (Å²) >= 11 is 0. The van der Waals surface area contributed by atoms with Crippen LogP contribution in [0.2, 0.25) is 0 Å². The Balaban J connectivity index is 1.31. The first kappa shape index (κ1) is 24.1. The molecule has 0 atom stereocenters. The Morgan fingerprint density at radius 1 is 0.857 bits per heavy atom. The van der Waals surface area contributed by atoms with Gasteiger partial charge >= 0.3 is 5.97 Å². The minimum atomic E-state index is -3.81. The van der Waals surface area contributed by atoms with E-state index >= 15 is 0 Å². The lowest BCUT2D eigenvalue weighted by atomic mass is 9.92. The average Bonchev–Trinajstić information content (AvgIpc) is 2.89. The van der Waals surface area contributed by atoms with Crippen molar-refractivity contribution in [3.8, 4) is 0 Å². The van der Waals surface area contributed by atoms with E-state index < -0.39 is 16.0 Å². The SMILES string of the molecule is O=C(O)c1cc(NS(=O)(=O)c2ccc3c(c2)CCCC3)ccc1N1CCN(C2CCCCC2)CC1. The quantitative estimate of drug-likeness (QED) is 0.610.